The van der Waals surface area contributed by atoms with E-state index in [1.165, 1.54) is 0 Å². The normalized spacial score (nSPS) is 10.2. The van der Waals surface area contributed by atoms with Crippen LogP contribution in [0.3, 0.4) is 0 Å². The van der Waals surface area contributed by atoms with Crippen LogP contribution in [-0.4, -0.2) is 5.91 Å². The second kappa shape index (κ2) is 6.39. The Labute approximate surface area is 118 Å². The first-order valence-electron chi connectivity index (χ1n) is 6.25. The highest BCUT2D eigenvalue weighted by Crippen LogP contribution is 2.22. The number of benzene rings is 2. The Morgan fingerprint density at radius 2 is 1.89 bits per heavy atom. The molecule has 98 valence electrons. The number of aryl methyl sites for hydroxylation is 2. The highest BCUT2D eigenvalue weighted by Gasteiger charge is 2.06. The average molecular weight is 274 g/mol. The van der Waals surface area contributed by atoms with Gasteiger partial charge in [0.2, 0.25) is 5.91 Å². The molecule has 2 nitrogen and oxygen atoms in total. The van der Waals surface area contributed by atoms with Crippen molar-refractivity contribution in [3.63, 3.8) is 0 Å². The molecule has 0 unspecified atom stereocenters. The second-order valence-electron chi connectivity index (χ2n) is 4.52. The first-order chi connectivity index (χ1) is 9.15. The lowest BCUT2D eigenvalue weighted by molar-refractivity contribution is -0.116. The van der Waals surface area contributed by atoms with Gasteiger partial charge in [-0.2, -0.15) is 0 Å². The van der Waals surface area contributed by atoms with Crippen LogP contribution in [0.25, 0.3) is 0 Å². The summed E-state index contributed by atoms with van der Waals surface area (Å²) in [5.41, 5.74) is 2.91. The molecule has 0 atom stereocenters. The second-order valence-corrected chi connectivity index (χ2v) is 4.92. The molecule has 2 aromatic carbocycles. The molecule has 1 N–H and O–H groups in total. The molecular weight excluding hydrogens is 258 g/mol. The van der Waals surface area contributed by atoms with Gasteiger partial charge in [0, 0.05) is 6.42 Å². The predicted octanol–water partition coefficient (Wildman–Crippen LogP) is 4.22. The maximum Gasteiger partial charge on any atom is 0.224 e. The molecule has 0 aliphatic carbocycles. The van der Waals surface area contributed by atoms with Crippen molar-refractivity contribution >= 4 is 23.2 Å². The summed E-state index contributed by atoms with van der Waals surface area (Å²) in [7, 11) is 0. The summed E-state index contributed by atoms with van der Waals surface area (Å²) >= 11 is 6.08. The molecule has 0 fully saturated rings. The van der Waals surface area contributed by atoms with Crippen molar-refractivity contribution in [2.45, 2.75) is 19.8 Å². The molecule has 0 saturated heterocycles. The Kier molecular flexibility index (Phi) is 4.58. The Balaban J connectivity index is 1.91. The van der Waals surface area contributed by atoms with Crippen LogP contribution in [0.5, 0.6) is 0 Å². The molecule has 2 aromatic rings. The lowest BCUT2D eigenvalue weighted by Gasteiger charge is -2.08. The largest absolute Gasteiger partial charge is 0.325 e. The van der Waals surface area contributed by atoms with E-state index in [0.29, 0.717) is 17.1 Å². The van der Waals surface area contributed by atoms with E-state index < -0.39 is 0 Å². The lowest BCUT2D eigenvalue weighted by atomic mass is 10.1. The van der Waals surface area contributed by atoms with Crippen molar-refractivity contribution in [1.29, 1.82) is 0 Å². The van der Waals surface area contributed by atoms with Crippen molar-refractivity contribution in [2.24, 2.45) is 0 Å². The van der Waals surface area contributed by atoms with Gasteiger partial charge in [-0.1, -0.05) is 48.0 Å². The monoisotopic (exact) mass is 273 g/mol. The fourth-order valence-electron chi connectivity index (χ4n) is 1.84. The first-order valence-corrected chi connectivity index (χ1v) is 6.63. The minimum atomic E-state index is -0.0189. The number of halogens is 1. The third-order valence-electron chi connectivity index (χ3n) is 2.88. The maximum atomic E-state index is 11.9. The summed E-state index contributed by atoms with van der Waals surface area (Å²) in [6.07, 6.45) is 1.18. The summed E-state index contributed by atoms with van der Waals surface area (Å²) in [4.78, 5) is 11.9. The van der Waals surface area contributed by atoms with Crippen LogP contribution in [0.15, 0.2) is 48.5 Å². The molecule has 0 aliphatic rings. The number of hydrogen-bond acceptors (Lipinski definition) is 1. The fraction of sp³-hybridized carbons (Fsp3) is 0.188. The lowest BCUT2D eigenvalue weighted by Crippen LogP contribution is -2.12. The van der Waals surface area contributed by atoms with E-state index in [1.54, 1.807) is 0 Å². The van der Waals surface area contributed by atoms with Gasteiger partial charge in [-0.05, 0) is 36.6 Å². The molecule has 0 radical (unpaired) electrons. The smallest absolute Gasteiger partial charge is 0.224 e. The third kappa shape index (κ3) is 4.11. The van der Waals surface area contributed by atoms with Gasteiger partial charge in [0.1, 0.15) is 0 Å². The summed E-state index contributed by atoms with van der Waals surface area (Å²) in [6.45, 7) is 1.97. The van der Waals surface area contributed by atoms with E-state index >= 15 is 0 Å². The fourth-order valence-corrected chi connectivity index (χ4v) is 2.12. The molecule has 19 heavy (non-hydrogen) atoms. The quantitative estimate of drug-likeness (QED) is 0.888. The van der Waals surface area contributed by atoms with Crippen LogP contribution < -0.4 is 5.32 Å². The van der Waals surface area contributed by atoms with Crippen LogP contribution >= 0.6 is 11.6 Å². The highest BCUT2D eigenvalue weighted by atomic mass is 35.5. The van der Waals surface area contributed by atoms with Gasteiger partial charge in [-0.25, -0.2) is 0 Å². The van der Waals surface area contributed by atoms with E-state index in [-0.39, 0.29) is 5.91 Å². The van der Waals surface area contributed by atoms with Crippen LogP contribution in [0.4, 0.5) is 5.69 Å². The number of hydrogen-bond donors (Lipinski definition) is 1. The van der Waals surface area contributed by atoms with Crippen LogP contribution in [-0.2, 0) is 11.2 Å². The minimum Gasteiger partial charge on any atom is -0.325 e. The molecule has 1 amide bonds. The zero-order valence-electron chi connectivity index (χ0n) is 10.8. The zero-order valence-corrected chi connectivity index (χ0v) is 11.6. The Morgan fingerprint density at radius 1 is 1.16 bits per heavy atom. The molecule has 0 bridgehead atoms. The zero-order chi connectivity index (χ0) is 13.7. The third-order valence-corrected chi connectivity index (χ3v) is 3.19. The number of rotatable bonds is 4. The number of carbonyl (C=O) groups is 1. The molecule has 0 saturated carbocycles. The maximum absolute atomic E-state index is 11.9. The van der Waals surface area contributed by atoms with Gasteiger partial charge in [0.05, 0.1) is 10.7 Å². The number of carbonyl (C=O) groups excluding carboxylic acids is 1. The highest BCUT2D eigenvalue weighted by molar-refractivity contribution is 6.33. The van der Waals surface area contributed by atoms with Gasteiger partial charge in [0.25, 0.3) is 0 Å². The number of amides is 1. The van der Waals surface area contributed by atoms with E-state index in [2.05, 4.69) is 5.32 Å². The van der Waals surface area contributed by atoms with E-state index in [0.717, 1.165) is 17.5 Å². The van der Waals surface area contributed by atoms with Crippen molar-refractivity contribution in [3.05, 3.63) is 64.7 Å². The SMILES string of the molecule is Cc1ccc(NC(=O)CCc2ccccc2)c(Cl)c1. The summed E-state index contributed by atoms with van der Waals surface area (Å²) < 4.78 is 0. The van der Waals surface area contributed by atoms with Crippen molar-refractivity contribution in [3.8, 4) is 0 Å². The first kappa shape index (κ1) is 13.6. The molecule has 3 heteroatoms. The van der Waals surface area contributed by atoms with E-state index in [9.17, 15) is 4.79 Å². The van der Waals surface area contributed by atoms with E-state index in [4.69, 9.17) is 11.6 Å². The summed E-state index contributed by atoms with van der Waals surface area (Å²) in [5.74, 6) is -0.0189. The number of anilines is 1. The average Bonchev–Trinajstić information content (AvgIpc) is 2.41. The van der Waals surface area contributed by atoms with Gasteiger partial charge >= 0.3 is 0 Å². The molecule has 0 spiro atoms. The predicted molar refractivity (Wildman–Crippen MR) is 79.6 cm³/mol. The van der Waals surface area contributed by atoms with Gasteiger partial charge < -0.3 is 5.32 Å². The van der Waals surface area contributed by atoms with Crippen LogP contribution in [0, 0.1) is 6.92 Å². The van der Waals surface area contributed by atoms with Crippen LogP contribution in [0.2, 0.25) is 5.02 Å². The summed E-state index contributed by atoms with van der Waals surface area (Å²) in [5, 5.41) is 3.41. The standard InChI is InChI=1S/C16H16ClNO/c1-12-7-9-15(14(17)11-12)18-16(19)10-8-13-5-3-2-4-6-13/h2-7,9,11H,8,10H2,1H3,(H,18,19). The Bertz CT molecular complexity index is 566. The van der Waals surface area contributed by atoms with Crippen molar-refractivity contribution in [1.82, 2.24) is 0 Å². The molecule has 2 rings (SSSR count). The molecule has 0 aliphatic heterocycles. The Hall–Kier alpha value is -1.80. The van der Waals surface area contributed by atoms with Crippen molar-refractivity contribution < 1.29 is 4.79 Å². The molecular formula is C16H16ClNO. The van der Waals surface area contributed by atoms with Gasteiger partial charge in [-0.15, -0.1) is 0 Å². The van der Waals surface area contributed by atoms with Gasteiger partial charge in [0.15, 0.2) is 0 Å². The van der Waals surface area contributed by atoms with Crippen molar-refractivity contribution in [2.75, 3.05) is 5.32 Å². The Morgan fingerprint density at radius 3 is 2.58 bits per heavy atom. The minimum absolute atomic E-state index is 0.0189. The van der Waals surface area contributed by atoms with E-state index in [1.807, 2.05) is 55.5 Å². The molecule has 0 aromatic heterocycles. The number of nitrogens with one attached hydrogen (secondary N) is 1. The molecule has 0 heterocycles. The summed E-state index contributed by atoms with van der Waals surface area (Å²) in [6, 6.07) is 15.6. The van der Waals surface area contributed by atoms with Crippen LogP contribution in [0.1, 0.15) is 17.5 Å². The van der Waals surface area contributed by atoms with Gasteiger partial charge in [-0.3, -0.25) is 4.79 Å². The topological polar surface area (TPSA) is 29.1 Å².